The van der Waals surface area contributed by atoms with E-state index in [-0.39, 0.29) is 0 Å². The summed E-state index contributed by atoms with van der Waals surface area (Å²) in [5.41, 5.74) is 0. The van der Waals surface area contributed by atoms with Gasteiger partial charge in [0.1, 0.15) is 0 Å². The van der Waals surface area contributed by atoms with E-state index in [2.05, 4.69) is 43.1 Å². The molecule has 1 fully saturated rings. The Morgan fingerprint density at radius 3 is 2.40 bits per heavy atom. The van der Waals surface area contributed by atoms with Crippen molar-refractivity contribution in [1.29, 1.82) is 0 Å². The van der Waals surface area contributed by atoms with E-state index < -0.39 is 0 Å². The predicted molar refractivity (Wildman–Crippen MR) is 89.4 cm³/mol. The third-order valence-corrected chi connectivity index (χ3v) is 4.70. The summed E-state index contributed by atoms with van der Waals surface area (Å²) in [6.07, 6.45) is 9.74. The van der Waals surface area contributed by atoms with Crippen LogP contribution in [0, 0.1) is 0 Å². The number of rotatable bonds is 10. The van der Waals surface area contributed by atoms with Crippen LogP contribution in [-0.2, 0) is 0 Å². The summed E-state index contributed by atoms with van der Waals surface area (Å²) < 4.78 is 0. The molecule has 0 radical (unpaired) electrons. The van der Waals surface area contributed by atoms with Crippen molar-refractivity contribution in [1.82, 2.24) is 15.1 Å². The second-order valence-corrected chi connectivity index (χ2v) is 6.53. The van der Waals surface area contributed by atoms with Gasteiger partial charge in [-0.05, 0) is 27.1 Å². The number of likely N-dealkylation sites (N-methyl/N-ethyl adjacent to an activating group) is 3. The second-order valence-electron chi connectivity index (χ2n) is 6.53. The maximum Gasteiger partial charge on any atom is 0.0373 e. The largest absolute Gasteiger partial charge is 0.313 e. The first-order chi connectivity index (χ1) is 9.69. The quantitative estimate of drug-likeness (QED) is 0.622. The first kappa shape index (κ1) is 17.9. The molecule has 3 nitrogen and oxygen atoms in total. The summed E-state index contributed by atoms with van der Waals surface area (Å²) in [4.78, 5) is 5.04. The van der Waals surface area contributed by atoms with Gasteiger partial charge in [0.25, 0.3) is 0 Å². The van der Waals surface area contributed by atoms with Crippen molar-refractivity contribution in [2.75, 3.05) is 40.3 Å². The van der Waals surface area contributed by atoms with Crippen LogP contribution in [0.3, 0.4) is 0 Å². The average molecular weight is 284 g/mol. The lowest BCUT2D eigenvalue weighted by Gasteiger charge is -2.42. The summed E-state index contributed by atoms with van der Waals surface area (Å²) in [7, 11) is 4.55. The van der Waals surface area contributed by atoms with Crippen LogP contribution in [0.1, 0.15) is 58.8 Å². The molecule has 0 bridgehead atoms. The fraction of sp³-hybridized carbons (Fsp3) is 1.00. The molecule has 0 aromatic heterocycles. The molecule has 1 saturated heterocycles. The number of unbranched alkanes of at least 4 members (excludes halogenated alkanes) is 5. The van der Waals surface area contributed by atoms with Crippen molar-refractivity contribution in [2.45, 2.75) is 70.9 Å². The number of piperazine rings is 1. The second kappa shape index (κ2) is 10.6. The van der Waals surface area contributed by atoms with Crippen molar-refractivity contribution in [3.63, 3.8) is 0 Å². The van der Waals surface area contributed by atoms with E-state index >= 15 is 0 Å². The molecule has 3 heteroatoms. The molecule has 2 unspecified atom stereocenters. The van der Waals surface area contributed by atoms with Crippen molar-refractivity contribution >= 4 is 0 Å². The van der Waals surface area contributed by atoms with Crippen molar-refractivity contribution in [3.8, 4) is 0 Å². The molecule has 0 saturated carbocycles. The molecule has 1 aliphatic heterocycles. The van der Waals surface area contributed by atoms with Gasteiger partial charge in [-0.1, -0.05) is 52.4 Å². The first-order valence-corrected chi connectivity index (χ1v) is 8.81. The van der Waals surface area contributed by atoms with Gasteiger partial charge in [-0.15, -0.1) is 0 Å². The van der Waals surface area contributed by atoms with E-state index in [0.29, 0.717) is 12.1 Å². The van der Waals surface area contributed by atoms with Gasteiger partial charge in [-0.2, -0.15) is 0 Å². The number of nitrogens with zero attached hydrogens (tertiary/aromatic N) is 2. The van der Waals surface area contributed by atoms with E-state index in [0.717, 1.165) is 6.54 Å². The summed E-state index contributed by atoms with van der Waals surface area (Å²) in [6, 6.07) is 1.35. The summed E-state index contributed by atoms with van der Waals surface area (Å²) in [5, 5.41) is 3.74. The first-order valence-electron chi connectivity index (χ1n) is 8.81. The maximum atomic E-state index is 3.74. The third kappa shape index (κ3) is 6.55. The summed E-state index contributed by atoms with van der Waals surface area (Å²) >= 11 is 0. The molecule has 1 rings (SSSR count). The topological polar surface area (TPSA) is 18.5 Å². The van der Waals surface area contributed by atoms with Crippen LogP contribution in [0.2, 0.25) is 0 Å². The minimum atomic E-state index is 0.666. The van der Waals surface area contributed by atoms with Crippen LogP contribution in [0.15, 0.2) is 0 Å². The van der Waals surface area contributed by atoms with Gasteiger partial charge in [-0.3, -0.25) is 4.90 Å². The lowest BCUT2D eigenvalue weighted by Crippen LogP contribution is -2.58. The molecule has 0 aliphatic carbocycles. The van der Waals surface area contributed by atoms with Crippen LogP contribution in [0.25, 0.3) is 0 Å². The molecule has 120 valence electrons. The van der Waals surface area contributed by atoms with Crippen LogP contribution in [0.4, 0.5) is 0 Å². The molecule has 0 aromatic carbocycles. The van der Waals surface area contributed by atoms with E-state index in [1.807, 2.05) is 0 Å². The van der Waals surface area contributed by atoms with Crippen LogP contribution >= 0.6 is 0 Å². The zero-order valence-electron chi connectivity index (χ0n) is 14.3. The average Bonchev–Trinajstić information content (AvgIpc) is 2.44. The maximum absolute atomic E-state index is 3.74. The van der Waals surface area contributed by atoms with Crippen molar-refractivity contribution < 1.29 is 0 Å². The Morgan fingerprint density at radius 2 is 1.70 bits per heavy atom. The highest BCUT2D eigenvalue weighted by Gasteiger charge is 2.28. The molecular formula is C17H37N3. The Labute approximate surface area is 127 Å². The van der Waals surface area contributed by atoms with Crippen LogP contribution in [-0.4, -0.2) is 62.2 Å². The molecule has 1 heterocycles. The lowest BCUT2D eigenvalue weighted by atomic mass is 9.97. The van der Waals surface area contributed by atoms with Gasteiger partial charge in [0.2, 0.25) is 0 Å². The van der Waals surface area contributed by atoms with E-state index in [1.54, 1.807) is 0 Å². The minimum absolute atomic E-state index is 0.666. The fourth-order valence-corrected chi connectivity index (χ4v) is 3.32. The molecule has 0 amide bonds. The highest BCUT2D eigenvalue weighted by Crippen LogP contribution is 2.16. The highest BCUT2D eigenvalue weighted by molar-refractivity contribution is 4.88. The molecule has 20 heavy (non-hydrogen) atoms. The Bertz CT molecular complexity index is 232. The number of hydrogen-bond donors (Lipinski definition) is 1. The normalized spacial score (nSPS) is 23.1. The van der Waals surface area contributed by atoms with Crippen molar-refractivity contribution in [3.05, 3.63) is 0 Å². The Hall–Kier alpha value is -0.120. The molecule has 1 N–H and O–H groups in total. The monoisotopic (exact) mass is 283 g/mol. The Kier molecular flexibility index (Phi) is 9.49. The Balaban J connectivity index is 2.31. The minimum Gasteiger partial charge on any atom is -0.313 e. The molecule has 0 spiro atoms. The van der Waals surface area contributed by atoms with Gasteiger partial charge in [0.05, 0.1) is 0 Å². The fourth-order valence-electron chi connectivity index (χ4n) is 3.32. The third-order valence-electron chi connectivity index (χ3n) is 4.70. The highest BCUT2D eigenvalue weighted by atomic mass is 15.3. The van der Waals surface area contributed by atoms with Gasteiger partial charge in [0.15, 0.2) is 0 Å². The summed E-state index contributed by atoms with van der Waals surface area (Å²) in [5.74, 6) is 0. The van der Waals surface area contributed by atoms with Crippen LogP contribution in [0.5, 0.6) is 0 Å². The number of nitrogens with one attached hydrogen (secondary N) is 1. The van der Waals surface area contributed by atoms with E-state index in [9.17, 15) is 0 Å². The molecule has 0 aromatic rings. The molecule has 1 aliphatic rings. The van der Waals surface area contributed by atoms with Crippen molar-refractivity contribution in [2.24, 2.45) is 0 Å². The molecular weight excluding hydrogens is 246 g/mol. The molecule has 2 atom stereocenters. The SMILES string of the molecule is CCCCCCCCC(NCC)C1CN(C)CCN1C. The Morgan fingerprint density at radius 1 is 1.00 bits per heavy atom. The van der Waals surface area contributed by atoms with Crippen LogP contribution < -0.4 is 5.32 Å². The number of hydrogen-bond acceptors (Lipinski definition) is 3. The van der Waals surface area contributed by atoms with Gasteiger partial charge in [-0.25, -0.2) is 0 Å². The van der Waals surface area contributed by atoms with Gasteiger partial charge >= 0.3 is 0 Å². The summed E-state index contributed by atoms with van der Waals surface area (Å²) in [6.45, 7) is 9.25. The smallest absolute Gasteiger partial charge is 0.0373 e. The van der Waals surface area contributed by atoms with Gasteiger partial charge in [0, 0.05) is 31.7 Å². The predicted octanol–water partition coefficient (Wildman–Crippen LogP) is 2.96. The lowest BCUT2D eigenvalue weighted by molar-refractivity contribution is 0.0849. The van der Waals surface area contributed by atoms with E-state index in [1.165, 1.54) is 64.6 Å². The zero-order chi connectivity index (χ0) is 14.8. The van der Waals surface area contributed by atoms with E-state index in [4.69, 9.17) is 0 Å². The van der Waals surface area contributed by atoms with Gasteiger partial charge < -0.3 is 10.2 Å². The zero-order valence-corrected chi connectivity index (χ0v) is 14.3. The standard InChI is InChI=1S/C17H37N3/c1-5-7-8-9-10-11-12-16(18-6-2)17-15-19(3)13-14-20(17)4/h16-18H,5-15H2,1-4H3.